The number of piperazine rings is 1. The summed E-state index contributed by atoms with van der Waals surface area (Å²) in [5.74, 6) is -0.856. The van der Waals surface area contributed by atoms with Gasteiger partial charge in [-0.3, -0.25) is 43.7 Å². The van der Waals surface area contributed by atoms with Crippen molar-refractivity contribution in [2.24, 2.45) is 0 Å². The zero-order valence-electron chi connectivity index (χ0n) is 33.3. The lowest BCUT2D eigenvalue weighted by atomic mass is 10.0. The van der Waals surface area contributed by atoms with Gasteiger partial charge in [-0.15, -0.1) is 0 Å². The van der Waals surface area contributed by atoms with Crippen LogP contribution in [0.2, 0.25) is 0 Å². The van der Waals surface area contributed by atoms with E-state index in [4.69, 9.17) is 4.98 Å². The molecule has 17 heteroatoms. The van der Waals surface area contributed by atoms with Crippen LogP contribution in [-0.2, 0) is 11.3 Å². The first-order valence-corrected chi connectivity index (χ1v) is 20.5. The van der Waals surface area contributed by atoms with E-state index in [1.54, 1.807) is 29.8 Å². The van der Waals surface area contributed by atoms with E-state index in [-0.39, 0.29) is 47.0 Å². The third-order valence-electron chi connectivity index (χ3n) is 12.6. The predicted molar refractivity (Wildman–Crippen MR) is 217 cm³/mol. The van der Waals surface area contributed by atoms with Gasteiger partial charge in [0.1, 0.15) is 11.5 Å². The minimum absolute atomic E-state index is 0.00522. The summed E-state index contributed by atoms with van der Waals surface area (Å²) in [6.07, 6.45) is 9.49. The molecule has 3 aromatic heterocycles. The Balaban J connectivity index is 0.776. The maximum atomic E-state index is 13.6. The summed E-state index contributed by atoms with van der Waals surface area (Å²) in [7, 11) is 0. The summed E-state index contributed by atoms with van der Waals surface area (Å²) in [6.45, 7) is 9.33. The largest absolute Gasteiger partial charge is 0.370 e. The monoisotopic (exact) mass is 801 g/mol. The summed E-state index contributed by atoms with van der Waals surface area (Å²) in [5, 5.41) is 7.95. The second-order valence-electron chi connectivity index (χ2n) is 16.2. The van der Waals surface area contributed by atoms with Crippen LogP contribution in [0.1, 0.15) is 100 Å². The van der Waals surface area contributed by atoms with Crippen LogP contribution < -0.4 is 21.1 Å². The van der Waals surface area contributed by atoms with Crippen LogP contribution in [0, 0.1) is 6.92 Å². The fourth-order valence-electron chi connectivity index (χ4n) is 9.44. The third kappa shape index (κ3) is 7.22. The van der Waals surface area contributed by atoms with E-state index in [9.17, 15) is 28.8 Å². The molecule has 7 heterocycles. The summed E-state index contributed by atoms with van der Waals surface area (Å²) in [5.41, 5.74) is 3.59. The Labute approximate surface area is 340 Å². The van der Waals surface area contributed by atoms with Crippen LogP contribution in [0.3, 0.4) is 0 Å². The maximum Gasteiger partial charge on any atom is 0.343 e. The lowest BCUT2D eigenvalue weighted by Crippen LogP contribution is -2.58. The van der Waals surface area contributed by atoms with Gasteiger partial charge in [0.2, 0.25) is 11.9 Å². The van der Waals surface area contributed by atoms with Crippen molar-refractivity contribution in [3.8, 4) is 0 Å². The van der Waals surface area contributed by atoms with E-state index in [2.05, 4.69) is 41.4 Å². The van der Waals surface area contributed by atoms with Crippen molar-refractivity contribution in [3.05, 3.63) is 80.9 Å². The smallest absolute Gasteiger partial charge is 0.343 e. The quantitative estimate of drug-likeness (QED) is 0.184. The number of anilines is 3. The molecule has 4 aliphatic heterocycles. The average Bonchev–Trinajstić information content (AvgIpc) is 3.84. The van der Waals surface area contributed by atoms with Crippen LogP contribution in [0.25, 0.3) is 11.0 Å². The molecule has 0 unspecified atom stereocenters. The molecule has 2 N–H and O–H groups in total. The molecule has 1 aromatic carbocycles. The highest BCUT2D eigenvalue weighted by Crippen LogP contribution is 2.33. The lowest BCUT2D eigenvalue weighted by molar-refractivity contribution is -0.122. The lowest BCUT2D eigenvalue weighted by Gasteiger charge is -2.43. The van der Waals surface area contributed by atoms with E-state index in [1.165, 1.54) is 6.92 Å². The van der Waals surface area contributed by atoms with Crippen LogP contribution in [-0.4, -0.2) is 121 Å². The van der Waals surface area contributed by atoms with Crippen molar-refractivity contribution >= 4 is 58.0 Å². The van der Waals surface area contributed by atoms with Crippen LogP contribution >= 0.6 is 0 Å². The molecule has 0 bridgehead atoms. The molecule has 17 nitrogen and oxygen atoms in total. The maximum absolute atomic E-state index is 13.6. The normalized spacial score (nSPS) is 19.9. The fourth-order valence-corrected chi connectivity index (χ4v) is 9.44. The number of benzene rings is 1. The molecule has 5 amide bonds. The Morgan fingerprint density at radius 2 is 1.58 bits per heavy atom. The number of ketones is 1. The van der Waals surface area contributed by atoms with Gasteiger partial charge < -0.3 is 10.2 Å². The first kappa shape index (κ1) is 38.4. The number of carbonyl (C=O) groups is 5. The first-order valence-electron chi connectivity index (χ1n) is 20.5. The number of amides is 5. The number of Topliss-reactive ketones (excluding diaryl/α,β-unsaturated/α-hetero) is 1. The third-order valence-corrected chi connectivity index (χ3v) is 12.6. The molecule has 1 saturated carbocycles. The number of urea groups is 1. The molecule has 0 spiro atoms. The highest BCUT2D eigenvalue weighted by Gasteiger charge is 2.43. The number of aryl methyl sites for hydroxylation is 1. The van der Waals surface area contributed by atoms with Gasteiger partial charge in [-0.25, -0.2) is 19.8 Å². The van der Waals surface area contributed by atoms with Gasteiger partial charge in [-0.2, -0.15) is 9.99 Å². The molecule has 9 rings (SSSR count). The molecule has 5 aliphatic rings. The Kier molecular flexibility index (Phi) is 10.2. The van der Waals surface area contributed by atoms with Crippen molar-refractivity contribution in [1.82, 2.24) is 44.7 Å². The molecule has 0 atom stereocenters. The number of imide groups is 2. The van der Waals surface area contributed by atoms with Crippen molar-refractivity contribution in [1.29, 1.82) is 0 Å². The SMILES string of the molecule is CC(=O)c1c(C)c2cnc(Nc3ccc(N4CCC(N5CCN(Cc6ccc7c(c6)C(=O)N(N6CCC(=O)NC6=O)C7=O)CC5)CC4)cn3)nc2n(C2CCCC2)c1=O. The number of piperidine rings is 1. The summed E-state index contributed by atoms with van der Waals surface area (Å²) in [6, 6.07) is 8.97. The average molecular weight is 802 g/mol. The van der Waals surface area contributed by atoms with Gasteiger partial charge in [0.05, 0.1) is 35.1 Å². The number of aromatic nitrogens is 4. The molecular weight excluding hydrogens is 755 g/mol. The van der Waals surface area contributed by atoms with Crippen molar-refractivity contribution < 1.29 is 24.0 Å². The minimum atomic E-state index is -0.773. The minimum Gasteiger partial charge on any atom is -0.370 e. The van der Waals surface area contributed by atoms with E-state index in [0.29, 0.717) is 40.9 Å². The Hall–Kier alpha value is -6.07. The van der Waals surface area contributed by atoms with Gasteiger partial charge in [0.15, 0.2) is 5.78 Å². The molecule has 3 saturated heterocycles. The molecule has 1 aliphatic carbocycles. The van der Waals surface area contributed by atoms with E-state index in [1.807, 2.05) is 18.3 Å². The number of pyridine rings is 2. The number of hydrogen-bond donors (Lipinski definition) is 2. The van der Waals surface area contributed by atoms with Crippen molar-refractivity contribution in [2.75, 3.05) is 56.0 Å². The van der Waals surface area contributed by atoms with Crippen LogP contribution in [0.5, 0.6) is 0 Å². The predicted octanol–water partition coefficient (Wildman–Crippen LogP) is 3.80. The first-order chi connectivity index (χ1) is 28.5. The molecule has 4 aromatic rings. The molecule has 306 valence electrons. The number of carbonyl (C=O) groups excluding carboxylic acids is 5. The number of hydrogen-bond acceptors (Lipinski definition) is 13. The Morgan fingerprint density at radius 3 is 2.27 bits per heavy atom. The summed E-state index contributed by atoms with van der Waals surface area (Å²) >= 11 is 0. The number of rotatable bonds is 9. The van der Waals surface area contributed by atoms with Gasteiger partial charge in [0.25, 0.3) is 17.4 Å². The zero-order chi connectivity index (χ0) is 40.9. The molecule has 59 heavy (non-hydrogen) atoms. The zero-order valence-corrected chi connectivity index (χ0v) is 33.3. The number of hydrazine groups is 1. The second kappa shape index (κ2) is 15.6. The van der Waals surface area contributed by atoms with Crippen molar-refractivity contribution in [3.63, 3.8) is 0 Å². The van der Waals surface area contributed by atoms with E-state index in [0.717, 1.165) is 99.1 Å². The van der Waals surface area contributed by atoms with E-state index >= 15 is 0 Å². The number of nitrogens with one attached hydrogen (secondary N) is 2. The van der Waals surface area contributed by atoms with Gasteiger partial charge >= 0.3 is 6.03 Å². The van der Waals surface area contributed by atoms with Crippen molar-refractivity contribution in [2.45, 2.75) is 77.4 Å². The van der Waals surface area contributed by atoms with Gasteiger partial charge in [0, 0.05) is 75.9 Å². The van der Waals surface area contributed by atoms with Gasteiger partial charge in [-0.05, 0) is 74.9 Å². The molecule has 4 fully saturated rings. The van der Waals surface area contributed by atoms with Crippen LogP contribution in [0.15, 0.2) is 47.5 Å². The van der Waals surface area contributed by atoms with Crippen LogP contribution in [0.4, 0.5) is 22.2 Å². The molecular formula is C42H47N11O6. The summed E-state index contributed by atoms with van der Waals surface area (Å²) < 4.78 is 1.71. The Bertz CT molecular complexity index is 2430. The van der Waals surface area contributed by atoms with Gasteiger partial charge in [-0.1, -0.05) is 18.9 Å². The highest BCUT2D eigenvalue weighted by molar-refractivity contribution is 6.22. The molecule has 0 radical (unpaired) electrons. The second-order valence-corrected chi connectivity index (χ2v) is 16.2. The number of nitrogens with zero attached hydrogens (tertiary/aromatic N) is 9. The summed E-state index contributed by atoms with van der Waals surface area (Å²) in [4.78, 5) is 97.6. The standard InChI is InChI=1S/C42H47N11O6/c1-25-33-23-44-41(47-37(33)52(29-5-3-4-6-29)40(58)36(25)26(2)54)45-34-10-8-30(22-43-34)49-14-11-28(12-15-49)50-19-17-48(18-20-50)24-27-7-9-31-32(21-27)39(57)53(38(31)56)51-16-13-35(55)46-42(51)59/h7-10,21-23,28-29H,3-6,11-20,24H2,1-2H3,(H,46,55,59)(H,43,44,45,47). The number of fused-ring (bicyclic) bond motifs is 2. The highest BCUT2D eigenvalue weighted by atomic mass is 16.2. The topological polar surface area (TPSA) is 186 Å². The Morgan fingerprint density at radius 1 is 0.831 bits per heavy atom. The van der Waals surface area contributed by atoms with E-state index < -0.39 is 23.8 Å². The fraction of sp³-hybridized carbons (Fsp3) is 0.452.